The highest BCUT2D eigenvalue weighted by molar-refractivity contribution is 5.92. The molecule has 0 radical (unpaired) electrons. The van der Waals surface area contributed by atoms with E-state index in [-0.39, 0.29) is 11.8 Å². The summed E-state index contributed by atoms with van der Waals surface area (Å²) in [4.78, 5) is 38.0. The fourth-order valence-electron chi connectivity index (χ4n) is 3.90. The van der Waals surface area contributed by atoms with Crippen molar-refractivity contribution in [2.24, 2.45) is 5.92 Å². The van der Waals surface area contributed by atoms with Crippen LogP contribution in [0.5, 0.6) is 0 Å². The molecule has 2 fully saturated rings. The van der Waals surface area contributed by atoms with Crippen molar-refractivity contribution in [2.45, 2.75) is 64.5 Å². The average Bonchev–Trinajstić information content (AvgIpc) is 3.11. The minimum Gasteiger partial charge on any atom is -0.449 e. The summed E-state index contributed by atoms with van der Waals surface area (Å²) in [5.74, 6) is -0.0422. The summed E-state index contributed by atoms with van der Waals surface area (Å²) < 4.78 is 5.31. The van der Waals surface area contributed by atoms with E-state index in [4.69, 9.17) is 4.74 Å². The lowest BCUT2D eigenvalue weighted by atomic mass is 9.89. The van der Waals surface area contributed by atoms with E-state index in [0.29, 0.717) is 31.0 Å². The Kier molecular flexibility index (Phi) is 7.06. The van der Waals surface area contributed by atoms with E-state index in [2.05, 4.69) is 5.32 Å². The van der Waals surface area contributed by atoms with Crippen LogP contribution in [-0.2, 0) is 20.9 Å². The van der Waals surface area contributed by atoms with Crippen LogP contribution in [-0.4, -0.2) is 41.9 Å². The molecule has 0 unspecified atom stereocenters. The van der Waals surface area contributed by atoms with E-state index in [9.17, 15) is 14.4 Å². The van der Waals surface area contributed by atoms with Crippen molar-refractivity contribution >= 4 is 17.8 Å². The van der Waals surface area contributed by atoms with Gasteiger partial charge in [0.25, 0.3) is 5.91 Å². The Hall–Kier alpha value is -2.37. The van der Waals surface area contributed by atoms with Gasteiger partial charge in [0.05, 0.1) is 5.56 Å². The maximum absolute atomic E-state index is 12.3. The van der Waals surface area contributed by atoms with Gasteiger partial charge >= 0.3 is 5.97 Å². The molecule has 2 aliphatic rings. The van der Waals surface area contributed by atoms with Crippen LogP contribution in [0.2, 0.25) is 0 Å². The van der Waals surface area contributed by atoms with E-state index >= 15 is 0 Å². The SMILES string of the molecule is C[C@H](OC(=O)c1ccc(CN2CCCC2=O)cc1)C(=O)NCC1CCCCC1. The van der Waals surface area contributed by atoms with Crippen molar-refractivity contribution in [3.05, 3.63) is 35.4 Å². The number of hydrogen-bond donors (Lipinski definition) is 1. The van der Waals surface area contributed by atoms with Crippen LogP contribution in [0.15, 0.2) is 24.3 Å². The first kappa shape index (κ1) is 20.4. The lowest BCUT2D eigenvalue weighted by Gasteiger charge is -2.22. The molecule has 152 valence electrons. The smallest absolute Gasteiger partial charge is 0.338 e. The fourth-order valence-corrected chi connectivity index (χ4v) is 3.90. The van der Waals surface area contributed by atoms with Crippen molar-refractivity contribution in [3.8, 4) is 0 Å². The van der Waals surface area contributed by atoms with Crippen LogP contribution in [0, 0.1) is 5.92 Å². The minimum absolute atomic E-state index is 0.177. The number of likely N-dealkylation sites (tertiary alicyclic amines) is 1. The summed E-state index contributed by atoms with van der Waals surface area (Å²) in [7, 11) is 0. The number of carbonyl (C=O) groups excluding carboxylic acids is 3. The van der Waals surface area contributed by atoms with Gasteiger partial charge in [-0.1, -0.05) is 31.4 Å². The summed E-state index contributed by atoms with van der Waals surface area (Å²) in [6.07, 6.45) is 6.76. The molecule has 1 aromatic carbocycles. The van der Waals surface area contributed by atoms with E-state index in [0.717, 1.165) is 31.4 Å². The summed E-state index contributed by atoms with van der Waals surface area (Å²) in [5.41, 5.74) is 1.38. The lowest BCUT2D eigenvalue weighted by molar-refractivity contribution is -0.129. The first-order valence-corrected chi connectivity index (χ1v) is 10.4. The van der Waals surface area contributed by atoms with Crippen molar-refractivity contribution in [1.29, 1.82) is 0 Å². The van der Waals surface area contributed by atoms with Crippen LogP contribution in [0.25, 0.3) is 0 Å². The summed E-state index contributed by atoms with van der Waals surface area (Å²) in [6, 6.07) is 7.03. The summed E-state index contributed by atoms with van der Waals surface area (Å²) >= 11 is 0. The molecule has 0 bridgehead atoms. The van der Waals surface area contributed by atoms with Gasteiger partial charge in [0.15, 0.2) is 6.10 Å². The maximum atomic E-state index is 12.3. The van der Waals surface area contributed by atoms with Gasteiger partial charge < -0.3 is 15.0 Å². The number of nitrogens with zero attached hydrogens (tertiary/aromatic N) is 1. The zero-order chi connectivity index (χ0) is 19.9. The molecule has 6 heteroatoms. The number of carbonyl (C=O) groups is 3. The second-order valence-electron chi connectivity index (χ2n) is 7.91. The van der Waals surface area contributed by atoms with Crippen molar-refractivity contribution in [3.63, 3.8) is 0 Å². The van der Waals surface area contributed by atoms with Gasteiger partial charge in [0.1, 0.15) is 0 Å². The number of rotatable bonds is 7. The Morgan fingerprint density at radius 1 is 1.14 bits per heavy atom. The van der Waals surface area contributed by atoms with Crippen molar-refractivity contribution < 1.29 is 19.1 Å². The Morgan fingerprint density at radius 2 is 1.86 bits per heavy atom. The molecule has 0 aromatic heterocycles. The first-order chi connectivity index (χ1) is 13.5. The van der Waals surface area contributed by atoms with Gasteiger partial charge in [-0.25, -0.2) is 4.79 Å². The number of esters is 1. The van der Waals surface area contributed by atoms with Crippen LogP contribution < -0.4 is 5.32 Å². The van der Waals surface area contributed by atoms with Gasteiger partial charge in [0.2, 0.25) is 5.91 Å². The molecule has 1 saturated heterocycles. The lowest BCUT2D eigenvalue weighted by Crippen LogP contribution is -2.38. The highest BCUT2D eigenvalue weighted by Gasteiger charge is 2.22. The molecule has 3 rings (SSSR count). The normalized spacial score (nSPS) is 18.8. The molecule has 1 atom stereocenters. The Labute approximate surface area is 166 Å². The molecule has 1 aromatic rings. The predicted molar refractivity (Wildman–Crippen MR) is 106 cm³/mol. The highest BCUT2D eigenvalue weighted by Crippen LogP contribution is 2.22. The Morgan fingerprint density at radius 3 is 2.50 bits per heavy atom. The molecular weight excluding hydrogens is 356 g/mol. The quantitative estimate of drug-likeness (QED) is 0.731. The van der Waals surface area contributed by atoms with Crippen LogP contribution >= 0.6 is 0 Å². The van der Waals surface area contributed by atoms with Gasteiger partial charge in [-0.2, -0.15) is 0 Å². The van der Waals surface area contributed by atoms with Crippen LogP contribution in [0.3, 0.4) is 0 Å². The number of ether oxygens (including phenoxy) is 1. The molecule has 0 spiro atoms. The Bertz CT molecular complexity index is 695. The van der Waals surface area contributed by atoms with E-state index < -0.39 is 12.1 Å². The second kappa shape index (κ2) is 9.71. The molecule has 1 heterocycles. The van der Waals surface area contributed by atoms with Gasteiger partial charge in [0, 0.05) is 26.1 Å². The van der Waals surface area contributed by atoms with Gasteiger partial charge in [-0.3, -0.25) is 9.59 Å². The van der Waals surface area contributed by atoms with Gasteiger partial charge in [-0.05, 0) is 49.8 Å². The predicted octanol–water partition coefficient (Wildman–Crippen LogP) is 3.05. The average molecular weight is 386 g/mol. The van der Waals surface area contributed by atoms with Crippen LogP contribution in [0.4, 0.5) is 0 Å². The van der Waals surface area contributed by atoms with Crippen LogP contribution in [0.1, 0.15) is 67.8 Å². The Balaban J connectivity index is 1.45. The van der Waals surface area contributed by atoms with Gasteiger partial charge in [-0.15, -0.1) is 0 Å². The molecule has 1 N–H and O–H groups in total. The number of hydrogen-bond acceptors (Lipinski definition) is 4. The standard InChI is InChI=1S/C22H30N2O4/c1-16(21(26)23-14-17-6-3-2-4-7-17)28-22(27)19-11-9-18(10-12-19)15-24-13-5-8-20(24)25/h9-12,16-17H,2-8,13-15H2,1H3,(H,23,26)/t16-/m0/s1. The first-order valence-electron chi connectivity index (χ1n) is 10.4. The minimum atomic E-state index is -0.821. The molecule has 1 aliphatic heterocycles. The third-order valence-corrected chi connectivity index (χ3v) is 5.68. The maximum Gasteiger partial charge on any atom is 0.338 e. The topological polar surface area (TPSA) is 75.7 Å². The second-order valence-corrected chi connectivity index (χ2v) is 7.91. The molecule has 6 nitrogen and oxygen atoms in total. The summed E-state index contributed by atoms with van der Waals surface area (Å²) in [5, 5.41) is 2.91. The number of amides is 2. The zero-order valence-electron chi connectivity index (χ0n) is 16.6. The molecule has 1 aliphatic carbocycles. The third kappa shape index (κ3) is 5.57. The molecule has 28 heavy (non-hydrogen) atoms. The molecular formula is C22H30N2O4. The number of nitrogens with one attached hydrogen (secondary N) is 1. The summed E-state index contributed by atoms with van der Waals surface area (Å²) in [6.45, 7) is 3.61. The van der Waals surface area contributed by atoms with Crippen molar-refractivity contribution in [2.75, 3.05) is 13.1 Å². The molecule has 2 amide bonds. The third-order valence-electron chi connectivity index (χ3n) is 5.68. The van der Waals surface area contributed by atoms with Crippen molar-refractivity contribution in [1.82, 2.24) is 10.2 Å². The number of benzene rings is 1. The van der Waals surface area contributed by atoms with E-state index in [1.165, 1.54) is 19.3 Å². The zero-order valence-corrected chi connectivity index (χ0v) is 16.6. The van der Waals surface area contributed by atoms with E-state index in [1.807, 2.05) is 17.0 Å². The fraction of sp³-hybridized carbons (Fsp3) is 0.591. The van der Waals surface area contributed by atoms with E-state index in [1.54, 1.807) is 19.1 Å². The largest absolute Gasteiger partial charge is 0.449 e. The molecule has 1 saturated carbocycles. The monoisotopic (exact) mass is 386 g/mol. The highest BCUT2D eigenvalue weighted by atomic mass is 16.5.